The van der Waals surface area contributed by atoms with Gasteiger partial charge in [-0.2, -0.15) is 0 Å². The van der Waals surface area contributed by atoms with Crippen LogP contribution in [-0.4, -0.2) is 27.1 Å². The van der Waals surface area contributed by atoms with Gasteiger partial charge in [0.05, 0.1) is 5.02 Å². The lowest BCUT2D eigenvalue weighted by Crippen LogP contribution is -2.23. The summed E-state index contributed by atoms with van der Waals surface area (Å²) in [4.78, 5) is 0. The van der Waals surface area contributed by atoms with E-state index in [2.05, 4.69) is 12.2 Å². The lowest BCUT2D eigenvalue weighted by Gasteiger charge is -2.12. The van der Waals surface area contributed by atoms with Crippen LogP contribution in [0.4, 0.5) is 0 Å². The second-order valence-corrected chi connectivity index (χ2v) is 4.91. The first-order chi connectivity index (χ1) is 8.70. The molecule has 18 heavy (non-hydrogen) atoms. The van der Waals surface area contributed by atoms with E-state index in [1.54, 1.807) is 7.11 Å². The van der Waals surface area contributed by atoms with Gasteiger partial charge in [-0.15, -0.1) is 0 Å². The summed E-state index contributed by atoms with van der Waals surface area (Å²) < 4.78 is 15.7. The molecule has 0 aromatic heterocycles. The molecule has 1 heterocycles. The van der Waals surface area contributed by atoms with Crippen molar-refractivity contribution in [3.05, 3.63) is 22.7 Å². The zero-order chi connectivity index (χ0) is 13.0. The van der Waals surface area contributed by atoms with Gasteiger partial charge in [0.15, 0.2) is 11.5 Å². The zero-order valence-corrected chi connectivity index (χ0v) is 11.4. The largest absolute Gasteiger partial charge is 0.454 e. The Kier molecular flexibility index (Phi) is 4.69. The van der Waals surface area contributed by atoms with Crippen molar-refractivity contribution in [3.63, 3.8) is 0 Å². The molecule has 2 rings (SSSR count). The van der Waals surface area contributed by atoms with E-state index in [1.165, 1.54) is 0 Å². The van der Waals surface area contributed by atoms with Gasteiger partial charge in [0.25, 0.3) is 0 Å². The molecule has 1 N–H and O–H groups in total. The standard InChI is InChI=1S/C13H18ClNO3/c1-9(7-16-2)5-15-6-10-3-11(14)13-12(4-10)17-8-18-13/h3-4,9,15H,5-8H2,1-2H3. The highest BCUT2D eigenvalue weighted by Gasteiger charge is 2.18. The fourth-order valence-electron chi connectivity index (χ4n) is 1.93. The van der Waals surface area contributed by atoms with Crippen LogP contribution < -0.4 is 14.8 Å². The Hall–Kier alpha value is -0.970. The van der Waals surface area contributed by atoms with Gasteiger partial charge in [-0.1, -0.05) is 18.5 Å². The van der Waals surface area contributed by atoms with Crippen molar-refractivity contribution in [2.45, 2.75) is 13.5 Å². The van der Waals surface area contributed by atoms with E-state index in [0.29, 0.717) is 16.7 Å². The number of ether oxygens (including phenoxy) is 3. The van der Waals surface area contributed by atoms with Crippen molar-refractivity contribution < 1.29 is 14.2 Å². The lowest BCUT2D eigenvalue weighted by atomic mass is 10.1. The predicted octanol–water partition coefficient (Wildman–Crippen LogP) is 2.44. The minimum absolute atomic E-state index is 0.247. The summed E-state index contributed by atoms with van der Waals surface area (Å²) in [5.74, 6) is 1.86. The molecule has 1 aliphatic rings. The maximum atomic E-state index is 6.11. The van der Waals surface area contributed by atoms with Gasteiger partial charge in [0.2, 0.25) is 6.79 Å². The average Bonchev–Trinajstić information content (AvgIpc) is 2.78. The van der Waals surface area contributed by atoms with Gasteiger partial charge in [0, 0.05) is 26.8 Å². The summed E-state index contributed by atoms with van der Waals surface area (Å²) in [6.07, 6.45) is 0. The molecule has 0 amide bonds. The number of hydrogen-bond acceptors (Lipinski definition) is 4. The van der Waals surface area contributed by atoms with Crippen molar-refractivity contribution in [2.75, 3.05) is 27.1 Å². The fraction of sp³-hybridized carbons (Fsp3) is 0.538. The Morgan fingerprint density at radius 2 is 2.28 bits per heavy atom. The third-order valence-corrected chi connectivity index (χ3v) is 3.04. The molecule has 1 aliphatic heterocycles. The average molecular weight is 272 g/mol. The van der Waals surface area contributed by atoms with Gasteiger partial charge >= 0.3 is 0 Å². The number of rotatable bonds is 6. The first-order valence-corrected chi connectivity index (χ1v) is 6.36. The minimum atomic E-state index is 0.247. The molecule has 0 spiro atoms. The molecule has 1 atom stereocenters. The van der Waals surface area contributed by atoms with Crippen molar-refractivity contribution in [1.82, 2.24) is 5.32 Å². The predicted molar refractivity (Wildman–Crippen MR) is 70.3 cm³/mol. The van der Waals surface area contributed by atoms with Crippen LogP contribution in [0.25, 0.3) is 0 Å². The molecule has 1 aromatic rings. The molecular weight excluding hydrogens is 254 g/mol. The topological polar surface area (TPSA) is 39.7 Å². The van der Waals surface area contributed by atoms with E-state index in [1.807, 2.05) is 12.1 Å². The number of halogens is 1. The van der Waals surface area contributed by atoms with Crippen molar-refractivity contribution >= 4 is 11.6 Å². The van der Waals surface area contributed by atoms with Gasteiger partial charge in [0.1, 0.15) is 0 Å². The lowest BCUT2D eigenvalue weighted by molar-refractivity contribution is 0.158. The Bertz CT molecular complexity index is 411. The summed E-state index contributed by atoms with van der Waals surface area (Å²) in [6.45, 7) is 4.80. The Balaban J connectivity index is 1.88. The Morgan fingerprint density at radius 1 is 1.44 bits per heavy atom. The Morgan fingerprint density at radius 3 is 3.06 bits per heavy atom. The molecular formula is C13H18ClNO3. The van der Waals surface area contributed by atoms with Crippen molar-refractivity contribution in [3.8, 4) is 11.5 Å². The summed E-state index contributed by atoms with van der Waals surface area (Å²) >= 11 is 6.11. The van der Waals surface area contributed by atoms with Gasteiger partial charge in [-0.3, -0.25) is 0 Å². The van der Waals surface area contributed by atoms with Gasteiger partial charge in [-0.25, -0.2) is 0 Å². The van der Waals surface area contributed by atoms with E-state index in [4.69, 9.17) is 25.8 Å². The van der Waals surface area contributed by atoms with E-state index < -0.39 is 0 Å². The maximum absolute atomic E-state index is 6.11. The third kappa shape index (κ3) is 3.28. The molecule has 0 bridgehead atoms. The maximum Gasteiger partial charge on any atom is 0.231 e. The highest BCUT2D eigenvalue weighted by Crippen LogP contribution is 2.39. The van der Waals surface area contributed by atoms with Crippen LogP contribution in [0.2, 0.25) is 5.02 Å². The molecule has 0 saturated carbocycles. The number of methoxy groups -OCH3 is 1. The van der Waals surface area contributed by atoms with Crippen LogP contribution >= 0.6 is 11.6 Å². The first-order valence-electron chi connectivity index (χ1n) is 5.98. The molecule has 1 aromatic carbocycles. The van der Waals surface area contributed by atoms with Gasteiger partial charge < -0.3 is 19.5 Å². The molecule has 0 fully saturated rings. The summed E-state index contributed by atoms with van der Waals surface area (Å²) in [7, 11) is 1.72. The normalized spacial score (nSPS) is 14.8. The Labute approximate surface area is 112 Å². The number of nitrogens with one attached hydrogen (secondary N) is 1. The molecule has 4 nitrogen and oxygen atoms in total. The number of hydrogen-bond donors (Lipinski definition) is 1. The molecule has 0 aliphatic carbocycles. The highest BCUT2D eigenvalue weighted by atomic mass is 35.5. The summed E-state index contributed by atoms with van der Waals surface area (Å²) in [6, 6.07) is 3.87. The van der Waals surface area contributed by atoms with Crippen LogP contribution in [0.1, 0.15) is 12.5 Å². The summed E-state index contributed by atoms with van der Waals surface area (Å²) in [5.41, 5.74) is 1.09. The second-order valence-electron chi connectivity index (χ2n) is 4.50. The zero-order valence-electron chi connectivity index (χ0n) is 10.7. The molecule has 5 heteroatoms. The molecule has 100 valence electrons. The minimum Gasteiger partial charge on any atom is -0.454 e. The number of benzene rings is 1. The van der Waals surface area contributed by atoms with Gasteiger partial charge in [-0.05, 0) is 23.6 Å². The fourth-order valence-corrected chi connectivity index (χ4v) is 2.22. The summed E-state index contributed by atoms with van der Waals surface area (Å²) in [5, 5.41) is 3.97. The second kappa shape index (κ2) is 6.27. The SMILES string of the molecule is COCC(C)CNCc1cc(Cl)c2c(c1)OCO2. The van der Waals surface area contributed by atoms with E-state index >= 15 is 0 Å². The third-order valence-electron chi connectivity index (χ3n) is 2.76. The van der Waals surface area contributed by atoms with Crippen LogP contribution in [0.5, 0.6) is 11.5 Å². The van der Waals surface area contributed by atoms with Crippen LogP contribution in [-0.2, 0) is 11.3 Å². The smallest absolute Gasteiger partial charge is 0.231 e. The quantitative estimate of drug-likeness (QED) is 0.863. The van der Waals surface area contributed by atoms with Crippen molar-refractivity contribution in [2.24, 2.45) is 5.92 Å². The first kappa shape index (κ1) is 13.5. The van der Waals surface area contributed by atoms with E-state index in [9.17, 15) is 0 Å². The van der Waals surface area contributed by atoms with Crippen LogP contribution in [0.3, 0.4) is 0 Å². The number of fused-ring (bicyclic) bond motifs is 1. The van der Waals surface area contributed by atoms with E-state index in [-0.39, 0.29) is 6.79 Å². The molecule has 0 radical (unpaired) electrons. The molecule has 1 unspecified atom stereocenters. The van der Waals surface area contributed by atoms with Crippen LogP contribution in [0, 0.1) is 5.92 Å². The van der Waals surface area contributed by atoms with E-state index in [0.717, 1.165) is 31.0 Å². The molecule has 0 saturated heterocycles. The van der Waals surface area contributed by atoms with Crippen LogP contribution in [0.15, 0.2) is 12.1 Å². The van der Waals surface area contributed by atoms with Crippen molar-refractivity contribution in [1.29, 1.82) is 0 Å². The monoisotopic (exact) mass is 271 g/mol. The highest BCUT2D eigenvalue weighted by molar-refractivity contribution is 6.32.